The van der Waals surface area contributed by atoms with Gasteiger partial charge in [0.15, 0.2) is 0 Å². The number of aliphatic hydroxyl groups is 1. The summed E-state index contributed by atoms with van der Waals surface area (Å²) in [5, 5.41) is 12.6. The summed E-state index contributed by atoms with van der Waals surface area (Å²) in [6.07, 6.45) is 0.941. The lowest BCUT2D eigenvalue weighted by Gasteiger charge is -2.43. The number of morpholine rings is 1. The van der Waals surface area contributed by atoms with Crippen LogP contribution >= 0.6 is 0 Å². The lowest BCUT2D eigenvalue weighted by molar-refractivity contribution is -0.0983. The van der Waals surface area contributed by atoms with Crippen LogP contribution in [0.15, 0.2) is 0 Å². The van der Waals surface area contributed by atoms with Gasteiger partial charge in [0, 0.05) is 24.7 Å². The zero-order valence-electron chi connectivity index (χ0n) is 11.9. The van der Waals surface area contributed by atoms with Gasteiger partial charge < -0.3 is 15.2 Å². The van der Waals surface area contributed by atoms with Crippen LogP contribution in [-0.4, -0.2) is 60.5 Å². The van der Waals surface area contributed by atoms with Crippen molar-refractivity contribution in [3.8, 4) is 0 Å². The molecular formula is C13H28N2O2. The van der Waals surface area contributed by atoms with E-state index in [9.17, 15) is 5.11 Å². The molecule has 2 unspecified atom stereocenters. The number of hydrogen-bond acceptors (Lipinski definition) is 4. The van der Waals surface area contributed by atoms with E-state index < -0.39 is 0 Å². The lowest BCUT2D eigenvalue weighted by atomic mass is 9.93. The van der Waals surface area contributed by atoms with E-state index >= 15 is 0 Å². The summed E-state index contributed by atoms with van der Waals surface area (Å²) in [5.41, 5.74) is -0.246. The molecule has 0 spiro atoms. The number of aliphatic hydroxyl groups excluding tert-OH is 1. The maximum atomic E-state index is 9.43. The van der Waals surface area contributed by atoms with Gasteiger partial charge in [0.2, 0.25) is 0 Å². The van der Waals surface area contributed by atoms with Gasteiger partial charge in [0.1, 0.15) is 0 Å². The molecule has 0 aromatic carbocycles. The SMILES string of the molecule is CNC(C)(CO)CC(C)N1CCOC(C)(C)C1. The average Bonchev–Trinajstić information content (AvgIpc) is 2.27. The Labute approximate surface area is 105 Å². The highest BCUT2D eigenvalue weighted by Crippen LogP contribution is 2.22. The van der Waals surface area contributed by atoms with Crippen LogP contribution < -0.4 is 5.32 Å². The Bertz CT molecular complexity index is 240. The van der Waals surface area contributed by atoms with E-state index in [0.29, 0.717) is 6.04 Å². The van der Waals surface area contributed by atoms with Gasteiger partial charge in [-0.15, -0.1) is 0 Å². The normalized spacial score (nSPS) is 26.5. The summed E-state index contributed by atoms with van der Waals surface area (Å²) >= 11 is 0. The van der Waals surface area contributed by atoms with Crippen LogP contribution in [0.4, 0.5) is 0 Å². The third-order valence-corrected chi connectivity index (χ3v) is 3.78. The number of nitrogens with zero attached hydrogens (tertiary/aromatic N) is 1. The number of likely N-dealkylation sites (N-methyl/N-ethyl adjacent to an activating group) is 1. The van der Waals surface area contributed by atoms with Crippen molar-refractivity contribution in [2.24, 2.45) is 0 Å². The van der Waals surface area contributed by atoms with E-state index in [4.69, 9.17) is 4.74 Å². The first-order valence-corrected chi connectivity index (χ1v) is 6.50. The molecular weight excluding hydrogens is 216 g/mol. The number of rotatable bonds is 5. The molecule has 0 aromatic rings. The minimum absolute atomic E-state index is 0.0538. The van der Waals surface area contributed by atoms with E-state index in [1.165, 1.54) is 0 Å². The Hall–Kier alpha value is -0.160. The minimum Gasteiger partial charge on any atom is -0.394 e. The summed E-state index contributed by atoms with van der Waals surface area (Å²) in [5.74, 6) is 0. The molecule has 0 saturated carbocycles. The van der Waals surface area contributed by atoms with E-state index in [0.717, 1.165) is 26.1 Å². The largest absolute Gasteiger partial charge is 0.394 e. The molecule has 1 rings (SSSR count). The van der Waals surface area contributed by atoms with E-state index in [1.54, 1.807) is 0 Å². The molecule has 1 aliphatic rings. The Kier molecular flexibility index (Phi) is 4.95. The van der Waals surface area contributed by atoms with Gasteiger partial charge in [-0.1, -0.05) is 0 Å². The standard InChI is InChI=1S/C13H28N2O2/c1-11(8-13(4,10-16)14-5)15-6-7-17-12(2,3)9-15/h11,14,16H,6-10H2,1-5H3. The molecule has 4 heteroatoms. The van der Waals surface area contributed by atoms with Crippen LogP contribution in [0, 0.1) is 0 Å². The van der Waals surface area contributed by atoms with Gasteiger partial charge in [-0.2, -0.15) is 0 Å². The summed E-state index contributed by atoms with van der Waals surface area (Å²) in [6, 6.07) is 0.447. The topological polar surface area (TPSA) is 44.7 Å². The van der Waals surface area contributed by atoms with Crippen LogP contribution in [0.1, 0.15) is 34.1 Å². The fraction of sp³-hybridized carbons (Fsp3) is 1.00. The summed E-state index contributed by atoms with van der Waals surface area (Å²) in [4.78, 5) is 2.45. The zero-order chi connectivity index (χ0) is 13.1. The molecule has 2 N–H and O–H groups in total. The van der Waals surface area contributed by atoms with Crippen LogP contribution in [-0.2, 0) is 4.74 Å². The minimum atomic E-state index is -0.193. The third kappa shape index (κ3) is 4.21. The van der Waals surface area contributed by atoms with Crippen molar-refractivity contribution < 1.29 is 9.84 Å². The fourth-order valence-corrected chi connectivity index (χ4v) is 2.46. The van der Waals surface area contributed by atoms with Gasteiger partial charge >= 0.3 is 0 Å². The highest BCUT2D eigenvalue weighted by atomic mass is 16.5. The second kappa shape index (κ2) is 5.65. The third-order valence-electron chi connectivity index (χ3n) is 3.78. The molecule has 102 valence electrons. The molecule has 1 saturated heterocycles. The molecule has 1 aliphatic heterocycles. The zero-order valence-corrected chi connectivity index (χ0v) is 11.9. The highest BCUT2D eigenvalue weighted by Gasteiger charge is 2.32. The Morgan fingerprint density at radius 3 is 2.65 bits per heavy atom. The van der Waals surface area contributed by atoms with Crippen LogP contribution in [0.3, 0.4) is 0 Å². The molecule has 0 aliphatic carbocycles. The van der Waals surface area contributed by atoms with Crippen molar-refractivity contribution in [1.29, 1.82) is 0 Å². The number of nitrogens with one attached hydrogen (secondary N) is 1. The molecule has 0 bridgehead atoms. The van der Waals surface area contributed by atoms with E-state index in [1.807, 2.05) is 7.05 Å². The molecule has 2 atom stereocenters. The van der Waals surface area contributed by atoms with E-state index in [-0.39, 0.29) is 17.7 Å². The molecule has 0 amide bonds. The van der Waals surface area contributed by atoms with Crippen LogP contribution in [0.2, 0.25) is 0 Å². The van der Waals surface area contributed by atoms with Crippen molar-refractivity contribution in [3.63, 3.8) is 0 Å². The van der Waals surface area contributed by atoms with Gasteiger partial charge in [0.05, 0.1) is 18.8 Å². The Morgan fingerprint density at radius 2 is 2.18 bits per heavy atom. The van der Waals surface area contributed by atoms with Crippen molar-refractivity contribution >= 4 is 0 Å². The summed E-state index contributed by atoms with van der Waals surface area (Å²) in [7, 11) is 1.91. The number of ether oxygens (including phenoxy) is 1. The summed E-state index contributed by atoms with van der Waals surface area (Å²) < 4.78 is 5.72. The molecule has 0 aromatic heterocycles. The van der Waals surface area contributed by atoms with Gasteiger partial charge in [-0.25, -0.2) is 0 Å². The highest BCUT2D eigenvalue weighted by molar-refractivity contribution is 4.89. The van der Waals surface area contributed by atoms with Gasteiger partial charge in [0.25, 0.3) is 0 Å². The first-order chi connectivity index (χ1) is 7.82. The molecule has 0 radical (unpaired) electrons. The first kappa shape index (κ1) is 14.9. The molecule has 4 nitrogen and oxygen atoms in total. The van der Waals surface area contributed by atoms with Crippen LogP contribution in [0.5, 0.6) is 0 Å². The lowest BCUT2D eigenvalue weighted by Crippen LogP contribution is -2.55. The van der Waals surface area contributed by atoms with Crippen molar-refractivity contribution in [3.05, 3.63) is 0 Å². The first-order valence-electron chi connectivity index (χ1n) is 6.50. The van der Waals surface area contributed by atoms with Crippen molar-refractivity contribution in [1.82, 2.24) is 10.2 Å². The predicted molar refractivity (Wildman–Crippen MR) is 70.2 cm³/mol. The van der Waals surface area contributed by atoms with Crippen molar-refractivity contribution in [2.75, 3.05) is 33.4 Å². The maximum absolute atomic E-state index is 9.43. The number of hydrogen-bond donors (Lipinski definition) is 2. The van der Waals surface area contributed by atoms with E-state index in [2.05, 4.69) is 37.9 Å². The average molecular weight is 244 g/mol. The van der Waals surface area contributed by atoms with Crippen molar-refractivity contribution in [2.45, 2.75) is 51.3 Å². The predicted octanol–water partition coefficient (Wildman–Crippen LogP) is 0.846. The smallest absolute Gasteiger partial charge is 0.0753 e. The second-order valence-corrected chi connectivity index (χ2v) is 6.10. The molecule has 1 fully saturated rings. The quantitative estimate of drug-likeness (QED) is 0.752. The Morgan fingerprint density at radius 1 is 1.53 bits per heavy atom. The monoisotopic (exact) mass is 244 g/mol. The van der Waals surface area contributed by atoms with Gasteiger partial charge in [-0.05, 0) is 41.2 Å². The maximum Gasteiger partial charge on any atom is 0.0753 e. The van der Waals surface area contributed by atoms with Crippen LogP contribution in [0.25, 0.3) is 0 Å². The second-order valence-electron chi connectivity index (χ2n) is 6.10. The fourth-order valence-electron chi connectivity index (χ4n) is 2.46. The van der Waals surface area contributed by atoms with Gasteiger partial charge in [-0.3, -0.25) is 4.90 Å². The molecule has 1 heterocycles. The Balaban J connectivity index is 2.55. The summed E-state index contributed by atoms with van der Waals surface area (Å²) in [6.45, 7) is 11.5. The molecule has 17 heavy (non-hydrogen) atoms.